The van der Waals surface area contributed by atoms with Crippen LogP contribution in [0.4, 0.5) is 5.69 Å². The summed E-state index contributed by atoms with van der Waals surface area (Å²) < 4.78 is 28.2. The van der Waals surface area contributed by atoms with Gasteiger partial charge in [0.05, 0.1) is 22.5 Å². The monoisotopic (exact) mass is 407 g/mol. The quantitative estimate of drug-likeness (QED) is 0.646. The molecule has 2 aliphatic carbocycles. The number of nitriles is 1. The fourth-order valence-electron chi connectivity index (χ4n) is 4.41. The highest BCUT2D eigenvalue weighted by molar-refractivity contribution is 8.00. The molecule has 2 saturated carbocycles. The van der Waals surface area contributed by atoms with Gasteiger partial charge in [0.1, 0.15) is 0 Å². The lowest BCUT2D eigenvalue weighted by molar-refractivity contribution is -0.113. The Labute approximate surface area is 165 Å². The molecule has 0 radical (unpaired) electrons. The fourth-order valence-corrected chi connectivity index (χ4v) is 6.16. The largest absolute Gasteiger partial charge is 0.325 e. The van der Waals surface area contributed by atoms with Gasteiger partial charge in [-0.15, -0.1) is 11.8 Å². The number of nitrogens with zero attached hydrogens (tertiary/aromatic N) is 1. The lowest BCUT2D eigenvalue weighted by Gasteiger charge is -2.28. The standard InChI is InChI=1S/C19H25N3O3S2/c1-13(18-11-14-2-3-15(18)10-14)22-27(24,25)17-6-4-16(5-7-17)21-19(23)12-26-9-8-20/h4-7,13-15,18,22H,2-3,9-12H2,1H3,(H,21,23). The van der Waals surface area contributed by atoms with Crippen LogP contribution in [0, 0.1) is 29.1 Å². The molecule has 0 aromatic heterocycles. The molecule has 146 valence electrons. The molecule has 0 aliphatic heterocycles. The second-order valence-corrected chi connectivity index (χ2v) is 10.2. The average molecular weight is 408 g/mol. The van der Waals surface area contributed by atoms with Gasteiger partial charge in [0.2, 0.25) is 15.9 Å². The Kier molecular flexibility index (Phi) is 6.45. The van der Waals surface area contributed by atoms with Gasteiger partial charge in [-0.25, -0.2) is 13.1 Å². The van der Waals surface area contributed by atoms with Crippen LogP contribution in [-0.2, 0) is 14.8 Å². The first kappa shape index (κ1) is 20.2. The minimum atomic E-state index is -3.58. The Morgan fingerprint density at radius 2 is 2.04 bits per heavy atom. The maximum Gasteiger partial charge on any atom is 0.240 e. The number of hydrogen-bond acceptors (Lipinski definition) is 5. The van der Waals surface area contributed by atoms with Crippen LogP contribution in [0.3, 0.4) is 0 Å². The van der Waals surface area contributed by atoms with E-state index in [1.54, 1.807) is 12.1 Å². The van der Waals surface area contributed by atoms with Crippen LogP contribution >= 0.6 is 11.8 Å². The first-order valence-corrected chi connectivity index (χ1v) is 11.9. The number of thioether (sulfide) groups is 1. The lowest BCUT2D eigenvalue weighted by atomic mass is 9.84. The number of carbonyl (C=O) groups excluding carboxylic acids is 1. The summed E-state index contributed by atoms with van der Waals surface area (Å²) in [5.41, 5.74) is 0.539. The molecule has 0 spiro atoms. The Morgan fingerprint density at radius 1 is 1.30 bits per heavy atom. The first-order chi connectivity index (χ1) is 12.9. The zero-order valence-electron chi connectivity index (χ0n) is 15.3. The number of sulfonamides is 1. The van der Waals surface area contributed by atoms with E-state index in [-0.39, 0.29) is 28.4 Å². The van der Waals surface area contributed by atoms with Crippen LogP contribution in [-0.4, -0.2) is 31.9 Å². The molecular weight excluding hydrogens is 382 g/mol. The van der Waals surface area contributed by atoms with Crippen LogP contribution < -0.4 is 10.0 Å². The van der Waals surface area contributed by atoms with Crippen molar-refractivity contribution in [3.63, 3.8) is 0 Å². The number of nitrogens with one attached hydrogen (secondary N) is 2. The SMILES string of the molecule is CC(NS(=O)(=O)c1ccc(NC(=O)CSCC#N)cc1)C1CC2CCC1C2. The van der Waals surface area contributed by atoms with E-state index in [4.69, 9.17) is 5.26 Å². The molecule has 2 fully saturated rings. The normalized spacial score (nSPS) is 25.1. The van der Waals surface area contributed by atoms with Crippen LogP contribution in [0.25, 0.3) is 0 Å². The van der Waals surface area contributed by atoms with Gasteiger partial charge >= 0.3 is 0 Å². The molecule has 4 atom stereocenters. The number of hydrogen-bond donors (Lipinski definition) is 2. The summed E-state index contributed by atoms with van der Waals surface area (Å²) in [7, 11) is -3.58. The smallest absolute Gasteiger partial charge is 0.240 e. The van der Waals surface area contributed by atoms with Gasteiger partial charge in [-0.2, -0.15) is 5.26 Å². The van der Waals surface area contributed by atoms with Gasteiger partial charge in [-0.05, 0) is 68.2 Å². The second-order valence-electron chi connectivity index (χ2n) is 7.47. The molecule has 4 unspecified atom stereocenters. The summed E-state index contributed by atoms with van der Waals surface area (Å²) >= 11 is 1.23. The van der Waals surface area contributed by atoms with Gasteiger partial charge in [0.15, 0.2) is 0 Å². The van der Waals surface area contributed by atoms with Crippen molar-refractivity contribution in [2.75, 3.05) is 16.8 Å². The van der Waals surface area contributed by atoms with Crippen molar-refractivity contribution in [3.05, 3.63) is 24.3 Å². The summed E-state index contributed by atoms with van der Waals surface area (Å²) in [6.07, 6.45) is 4.90. The van der Waals surface area contributed by atoms with E-state index in [1.807, 2.05) is 13.0 Å². The zero-order chi connectivity index (χ0) is 19.4. The third-order valence-corrected chi connectivity index (χ3v) is 8.00. The molecular formula is C19H25N3O3S2. The molecule has 0 heterocycles. The number of carbonyl (C=O) groups is 1. The molecule has 2 bridgehead atoms. The molecule has 1 aromatic carbocycles. The topological polar surface area (TPSA) is 99.1 Å². The summed E-state index contributed by atoms with van der Waals surface area (Å²) in [5, 5.41) is 11.2. The predicted molar refractivity (Wildman–Crippen MR) is 107 cm³/mol. The Balaban J connectivity index is 1.57. The highest BCUT2D eigenvalue weighted by atomic mass is 32.2. The fraction of sp³-hybridized carbons (Fsp3) is 0.579. The minimum absolute atomic E-state index is 0.0677. The minimum Gasteiger partial charge on any atom is -0.325 e. The molecule has 8 heteroatoms. The highest BCUT2D eigenvalue weighted by Crippen LogP contribution is 2.49. The summed E-state index contributed by atoms with van der Waals surface area (Å²) in [4.78, 5) is 12.0. The zero-order valence-corrected chi connectivity index (χ0v) is 17.0. The van der Waals surface area contributed by atoms with Crippen LogP contribution in [0.15, 0.2) is 29.2 Å². The van der Waals surface area contributed by atoms with Crippen molar-refractivity contribution in [1.82, 2.24) is 4.72 Å². The number of rotatable bonds is 8. The van der Waals surface area contributed by atoms with Gasteiger partial charge in [-0.1, -0.05) is 6.42 Å². The summed E-state index contributed by atoms with van der Waals surface area (Å²) in [5.74, 6) is 2.11. The summed E-state index contributed by atoms with van der Waals surface area (Å²) in [6.45, 7) is 1.97. The molecule has 2 aliphatic rings. The first-order valence-electron chi connectivity index (χ1n) is 9.26. The third-order valence-electron chi connectivity index (χ3n) is 5.62. The van der Waals surface area contributed by atoms with Crippen molar-refractivity contribution < 1.29 is 13.2 Å². The van der Waals surface area contributed by atoms with E-state index < -0.39 is 10.0 Å². The maximum atomic E-state index is 12.7. The molecule has 1 amide bonds. The molecule has 3 rings (SSSR count). The van der Waals surface area contributed by atoms with Crippen molar-refractivity contribution in [2.45, 2.75) is 43.5 Å². The number of anilines is 1. The molecule has 2 N–H and O–H groups in total. The van der Waals surface area contributed by atoms with E-state index in [1.165, 1.54) is 43.2 Å². The molecule has 0 saturated heterocycles. The van der Waals surface area contributed by atoms with Gasteiger partial charge < -0.3 is 5.32 Å². The predicted octanol–water partition coefficient (Wildman–Crippen LogP) is 2.98. The second kappa shape index (κ2) is 8.63. The van der Waals surface area contributed by atoms with Crippen LogP contribution in [0.2, 0.25) is 0 Å². The van der Waals surface area contributed by atoms with Crippen molar-refractivity contribution in [3.8, 4) is 6.07 Å². The summed E-state index contributed by atoms with van der Waals surface area (Å²) in [6, 6.07) is 8.09. The van der Waals surface area contributed by atoms with Gasteiger partial charge in [-0.3, -0.25) is 4.79 Å². The van der Waals surface area contributed by atoms with E-state index >= 15 is 0 Å². The van der Waals surface area contributed by atoms with E-state index in [0.29, 0.717) is 17.5 Å². The lowest BCUT2D eigenvalue weighted by Crippen LogP contribution is -2.40. The Bertz CT molecular complexity index is 818. The molecule has 1 aromatic rings. The Hall–Kier alpha value is -1.56. The van der Waals surface area contributed by atoms with E-state index in [0.717, 1.165) is 12.3 Å². The van der Waals surface area contributed by atoms with Crippen molar-refractivity contribution in [1.29, 1.82) is 5.26 Å². The van der Waals surface area contributed by atoms with Crippen LogP contribution in [0.1, 0.15) is 32.6 Å². The van der Waals surface area contributed by atoms with Gasteiger partial charge in [0.25, 0.3) is 0 Å². The van der Waals surface area contributed by atoms with E-state index in [9.17, 15) is 13.2 Å². The average Bonchev–Trinajstić information content (AvgIpc) is 3.25. The van der Waals surface area contributed by atoms with Gasteiger partial charge in [0, 0.05) is 11.7 Å². The third kappa shape index (κ3) is 5.03. The van der Waals surface area contributed by atoms with E-state index in [2.05, 4.69) is 10.0 Å². The maximum absolute atomic E-state index is 12.7. The molecule has 27 heavy (non-hydrogen) atoms. The van der Waals surface area contributed by atoms with Crippen molar-refractivity contribution in [2.24, 2.45) is 17.8 Å². The van der Waals surface area contributed by atoms with Crippen LogP contribution in [0.5, 0.6) is 0 Å². The number of benzene rings is 1. The number of fused-ring (bicyclic) bond motifs is 2. The highest BCUT2D eigenvalue weighted by Gasteiger charge is 2.42. The molecule has 6 nitrogen and oxygen atoms in total. The Morgan fingerprint density at radius 3 is 2.63 bits per heavy atom. The number of amides is 1. The van der Waals surface area contributed by atoms with Crippen molar-refractivity contribution >= 4 is 33.4 Å².